The highest BCUT2D eigenvalue weighted by Crippen LogP contribution is 2.27. The molecule has 2 aromatic rings. The summed E-state index contributed by atoms with van der Waals surface area (Å²) in [5.41, 5.74) is 2.47. The molecule has 0 aliphatic rings. The molecular weight excluding hydrogens is 244 g/mol. The second-order valence-corrected chi connectivity index (χ2v) is 5.17. The Morgan fingerprint density at radius 3 is 2.25 bits per heavy atom. The third kappa shape index (κ3) is 3.91. The van der Waals surface area contributed by atoms with E-state index in [2.05, 4.69) is 60.5 Å². The fourth-order valence-electron chi connectivity index (χ4n) is 2.69. The monoisotopic (exact) mass is 268 g/mol. The number of hydrogen-bond acceptors (Lipinski definition) is 2. The van der Waals surface area contributed by atoms with Crippen LogP contribution < -0.4 is 5.32 Å². The Morgan fingerprint density at radius 2 is 1.65 bits per heavy atom. The zero-order valence-electron chi connectivity index (χ0n) is 12.4. The van der Waals surface area contributed by atoms with Crippen LogP contribution in [0.15, 0.2) is 54.7 Å². The van der Waals surface area contributed by atoms with Gasteiger partial charge in [0.1, 0.15) is 0 Å². The first kappa shape index (κ1) is 14.7. The van der Waals surface area contributed by atoms with Crippen LogP contribution in [0.3, 0.4) is 0 Å². The summed E-state index contributed by atoms with van der Waals surface area (Å²) in [4.78, 5) is 4.39. The van der Waals surface area contributed by atoms with Gasteiger partial charge in [-0.1, -0.05) is 63.1 Å². The molecule has 0 fully saturated rings. The average Bonchev–Trinajstić information content (AvgIpc) is 2.53. The number of nitrogens with zero attached hydrogens (tertiary/aromatic N) is 1. The third-order valence-corrected chi connectivity index (χ3v) is 3.91. The van der Waals surface area contributed by atoms with Crippen LogP contribution >= 0.6 is 0 Å². The fraction of sp³-hybridized carbons (Fsp3) is 0.389. The lowest BCUT2D eigenvalue weighted by molar-refractivity contribution is 0.338. The molecule has 0 aliphatic heterocycles. The zero-order valence-corrected chi connectivity index (χ0v) is 12.4. The molecule has 0 saturated heterocycles. The molecule has 0 radical (unpaired) electrons. The molecular formula is C18H24N2. The Labute approximate surface area is 122 Å². The highest BCUT2D eigenvalue weighted by molar-refractivity contribution is 5.20. The van der Waals surface area contributed by atoms with Gasteiger partial charge in [0.25, 0.3) is 0 Å². The van der Waals surface area contributed by atoms with Gasteiger partial charge < -0.3 is 5.32 Å². The van der Waals surface area contributed by atoms with E-state index in [4.69, 9.17) is 0 Å². The molecule has 1 N–H and O–H groups in total. The largest absolute Gasteiger partial charge is 0.304 e. The average molecular weight is 268 g/mol. The van der Waals surface area contributed by atoms with E-state index in [1.54, 1.807) is 0 Å². The van der Waals surface area contributed by atoms with Gasteiger partial charge >= 0.3 is 0 Å². The van der Waals surface area contributed by atoms with E-state index in [0.717, 1.165) is 12.2 Å². The van der Waals surface area contributed by atoms with Crippen molar-refractivity contribution in [2.24, 2.45) is 5.92 Å². The number of pyridine rings is 1. The predicted molar refractivity (Wildman–Crippen MR) is 84.3 cm³/mol. The smallest absolute Gasteiger partial charge is 0.0541 e. The second kappa shape index (κ2) is 7.81. The van der Waals surface area contributed by atoms with Gasteiger partial charge in [0.05, 0.1) is 5.69 Å². The summed E-state index contributed by atoms with van der Waals surface area (Å²) in [6.07, 6.45) is 4.22. The summed E-state index contributed by atoms with van der Waals surface area (Å²) in [6, 6.07) is 17.2. The van der Waals surface area contributed by atoms with Crippen LogP contribution in [-0.4, -0.2) is 4.98 Å². The van der Waals surface area contributed by atoms with E-state index < -0.39 is 0 Å². The topological polar surface area (TPSA) is 24.9 Å². The molecule has 0 bridgehead atoms. The lowest BCUT2D eigenvalue weighted by Crippen LogP contribution is -2.28. The molecule has 20 heavy (non-hydrogen) atoms. The van der Waals surface area contributed by atoms with Crippen molar-refractivity contribution >= 4 is 0 Å². The summed E-state index contributed by atoms with van der Waals surface area (Å²) in [5.74, 6) is 0.654. The van der Waals surface area contributed by atoms with Crippen LogP contribution in [-0.2, 0) is 6.54 Å². The van der Waals surface area contributed by atoms with E-state index in [9.17, 15) is 0 Å². The Hall–Kier alpha value is -1.67. The van der Waals surface area contributed by atoms with E-state index >= 15 is 0 Å². The highest BCUT2D eigenvalue weighted by atomic mass is 14.9. The van der Waals surface area contributed by atoms with Crippen LogP contribution in [0.5, 0.6) is 0 Å². The summed E-state index contributed by atoms with van der Waals surface area (Å²) < 4.78 is 0. The van der Waals surface area contributed by atoms with Crippen molar-refractivity contribution in [3.8, 4) is 0 Å². The van der Waals surface area contributed by atoms with Crippen LogP contribution in [0.2, 0.25) is 0 Å². The van der Waals surface area contributed by atoms with Crippen molar-refractivity contribution in [3.05, 3.63) is 66.0 Å². The van der Waals surface area contributed by atoms with Gasteiger partial charge in [-0.2, -0.15) is 0 Å². The molecule has 1 heterocycles. The summed E-state index contributed by atoms with van der Waals surface area (Å²) in [5, 5.41) is 3.69. The normalized spacial score (nSPS) is 12.6. The first-order valence-electron chi connectivity index (χ1n) is 7.53. The summed E-state index contributed by atoms with van der Waals surface area (Å²) in [6.45, 7) is 5.36. The van der Waals surface area contributed by atoms with Gasteiger partial charge in [-0.05, 0) is 23.6 Å². The maximum Gasteiger partial charge on any atom is 0.0541 e. The standard InChI is InChI=1S/C18H24N2/c1-3-15(4-2)18(16-10-6-5-7-11-16)20-14-17-12-8-9-13-19-17/h5-13,15,18,20H,3-4,14H2,1-2H3. The maximum atomic E-state index is 4.39. The zero-order chi connectivity index (χ0) is 14.2. The number of hydrogen-bond donors (Lipinski definition) is 1. The molecule has 0 spiro atoms. The van der Waals surface area contributed by atoms with Crippen molar-refractivity contribution in [1.82, 2.24) is 10.3 Å². The van der Waals surface area contributed by atoms with Crippen molar-refractivity contribution in [3.63, 3.8) is 0 Å². The molecule has 1 atom stereocenters. The molecule has 0 amide bonds. The summed E-state index contributed by atoms with van der Waals surface area (Å²) >= 11 is 0. The molecule has 106 valence electrons. The minimum atomic E-state index is 0.396. The quantitative estimate of drug-likeness (QED) is 0.807. The van der Waals surface area contributed by atoms with Gasteiger partial charge in [0.15, 0.2) is 0 Å². The van der Waals surface area contributed by atoms with E-state index in [0.29, 0.717) is 12.0 Å². The second-order valence-electron chi connectivity index (χ2n) is 5.17. The molecule has 2 rings (SSSR count). The van der Waals surface area contributed by atoms with E-state index in [-0.39, 0.29) is 0 Å². The molecule has 1 aromatic carbocycles. The lowest BCUT2D eigenvalue weighted by Gasteiger charge is -2.27. The lowest BCUT2D eigenvalue weighted by atomic mass is 9.89. The minimum absolute atomic E-state index is 0.396. The van der Waals surface area contributed by atoms with E-state index in [1.807, 2.05) is 18.3 Å². The van der Waals surface area contributed by atoms with Gasteiger partial charge in [-0.25, -0.2) is 0 Å². The molecule has 1 aromatic heterocycles. The predicted octanol–water partition coefficient (Wildman–Crippen LogP) is 4.35. The molecule has 0 saturated carbocycles. The van der Waals surface area contributed by atoms with E-state index in [1.165, 1.54) is 18.4 Å². The molecule has 1 unspecified atom stereocenters. The van der Waals surface area contributed by atoms with Crippen molar-refractivity contribution < 1.29 is 0 Å². The molecule has 2 heteroatoms. The van der Waals surface area contributed by atoms with Crippen LogP contribution in [0.25, 0.3) is 0 Å². The number of nitrogens with one attached hydrogen (secondary N) is 1. The fourth-order valence-corrected chi connectivity index (χ4v) is 2.69. The SMILES string of the molecule is CCC(CC)C(NCc1ccccn1)c1ccccc1. The highest BCUT2D eigenvalue weighted by Gasteiger charge is 2.19. The Bertz CT molecular complexity index is 477. The molecule has 0 aliphatic carbocycles. The van der Waals surface area contributed by atoms with Gasteiger partial charge in [0.2, 0.25) is 0 Å². The first-order chi connectivity index (χ1) is 9.85. The minimum Gasteiger partial charge on any atom is -0.304 e. The number of aromatic nitrogens is 1. The van der Waals surface area contributed by atoms with Crippen molar-refractivity contribution in [1.29, 1.82) is 0 Å². The Kier molecular flexibility index (Phi) is 5.75. The third-order valence-electron chi connectivity index (χ3n) is 3.91. The van der Waals surface area contributed by atoms with Crippen LogP contribution in [0.1, 0.15) is 44.0 Å². The van der Waals surface area contributed by atoms with Gasteiger partial charge in [-0.3, -0.25) is 4.98 Å². The number of rotatable bonds is 7. The maximum absolute atomic E-state index is 4.39. The van der Waals surface area contributed by atoms with Gasteiger partial charge in [-0.15, -0.1) is 0 Å². The van der Waals surface area contributed by atoms with Crippen LogP contribution in [0, 0.1) is 5.92 Å². The van der Waals surface area contributed by atoms with Crippen LogP contribution in [0.4, 0.5) is 0 Å². The Morgan fingerprint density at radius 1 is 0.950 bits per heavy atom. The number of benzene rings is 1. The summed E-state index contributed by atoms with van der Waals surface area (Å²) in [7, 11) is 0. The molecule has 2 nitrogen and oxygen atoms in total. The van der Waals surface area contributed by atoms with Gasteiger partial charge in [0, 0.05) is 18.8 Å². The van der Waals surface area contributed by atoms with Crippen molar-refractivity contribution in [2.45, 2.75) is 39.3 Å². The van der Waals surface area contributed by atoms with Crippen molar-refractivity contribution in [2.75, 3.05) is 0 Å². The Balaban J connectivity index is 2.11. The first-order valence-corrected chi connectivity index (χ1v) is 7.53.